The fourth-order valence-electron chi connectivity index (χ4n) is 1.76. The zero-order chi connectivity index (χ0) is 14.0. The van der Waals surface area contributed by atoms with E-state index in [0.717, 1.165) is 10.7 Å². The number of nitrogens with two attached hydrogens (primary N) is 2. The van der Waals surface area contributed by atoms with Crippen molar-refractivity contribution in [1.29, 1.82) is 0 Å². The third-order valence-electron chi connectivity index (χ3n) is 2.58. The molecule has 7 heteroatoms. The van der Waals surface area contributed by atoms with Gasteiger partial charge < -0.3 is 16.4 Å². The van der Waals surface area contributed by atoms with Crippen LogP contribution in [-0.2, 0) is 6.54 Å². The summed E-state index contributed by atoms with van der Waals surface area (Å²) in [5, 5.41) is 2.98. The largest absolute Gasteiger partial charge is 0.397 e. The summed E-state index contributed by atoms with van der Waals surface area (Å²) in [6, 6.07) is 1.54. The van der Waals surface area contributed by atoms with Crippen LogP contribution in [0.5, 0.6) is 0 Å². The molecule has 100 valence electrons. The van der Waals surface area contributed by atoms with E-state index >= 15 is 0 Å². The number of nitrogens with zero attached hydrogens (tertiary/aromatic N) is 3. The van der Waals surface area contributed by atoms with Gasteiger partial charge in [0, 0.05) is 12.4 Å². The van der Waals surface area contributed by atoms with Crippen molar-refractivity contribution in [3.8, 4) is 0 Å². The highest BCUT2D eigenvalue weighted by molar-refractivity contribution is 7.09. The second-order valence-electron chi connectivity index (χ2n) is 4.22. The molecule has 0 atom stereocenters. The Balaban J connectivity index is 2.28. The molecule has 0 fully saturated rings. The molecular weight excluding hydrogens is 262 g/mol. The second-order valence-corrected chi connectivity index (χ2v) is 5.28. The Kier molecular flexibility index (Phi) is 3.66. The lowest BCUT2D eigenvalue weighted by molar-refractivity contribution is 0.100. The standard InChI is InChI=1S/C12H15N5OS/c1-7-16-9(6-19-7)5-17(2)12-10(11(14)18)3-8(13)4-15-12/h3-4,6H,5,13H2,1-2H3,(H2,14,18). The van der Waals surface area contributed by atoms with Crippen LogP contribution in [0.2, 0.25) is 0 Å². The molecule has 2 rings (SSSR count). The van der Waals surface area contributed by atoms with Crippen molar-refractivity contribution in [2.75, 3.05) is 17.7 Å². The SMILES string of the molecule is Cc1nc(CN(C)c2ncc(N)cc2C(N)=O)cs1. The second kappa shape index (κ2) is 5.23. The van der Waals surface area contributed by atoms with Gasteiger partial charge in [0.1, 0.15) is 5.82 Å². The van der Waals surface area contributed by atoms with Gasteiger partial charge in [-0.2, -0.15) is 0 Å². The smallest absolute Gasteiger partial charge is 0.252 e. The lowest BCUT2D eigenvalue weighted by atomic mass is 10.2. The lowest BCUT2D eigenvalue weighted by Crippen LogP contribution is -2.23. The van der Waals surface area contributed by atoms with E-state index < -0.39 is 5.91 Å². The van der Waals surface area contributed by atoms with E-state index in [1.54, 1.807) is 11.3 Å². The number of hydrogen-bond donors (Lipinski definition) is 2. The third-order valence-corrected chi connectivity index (χ3v) is 3.40. The lowest BCUT2D eigenvalue weighted by Gasteiger charge is -2.19. The number of aromatic nitrogens is 2. The van der Waals surface area contributed by atoms with Crippen molar-refractivity contribution in [3.05, 3.63) is 33.9 Å². The van der Waals surface area contributed by atoms with Gasteiger partial charge in [-0.25, -0.2) is 9.97 Å². The molecule has 0 aromatic carbocycles. The van der Waals surface area contributed by atoms with Gasteiger partial charge in [0.2, 0.25) is 0 Å². The topological polar surface area (TPSA) is 98.1 Å². The van der Waals surface area contributed by atoms with Crippen molar-refractivity contribution in [2.45, 2.75) is 13.5 Å². The Bertz CT molecular complexity index is 610. The van der Waals surface area contributed by atoms with Crippen LogP contribution in [0.1, 0.15) is 21.1 Å². The minimum atomic E-state index is -0.545. The van der Waals surface area contributed by atoms with Crippen LogP contribution in [0.4, 0.5) is 11.5 Å². The minimum Gasteiger partial charge on any atom is -0.397 e. The Hall–Kier alpha value is -2.15. The number of primary amides is 1. The predicted octanol–water partition coefficient (Wildman–Crippen LogP) is 1.16. The summed E-state index contributed by atoms with van der Waals surface area (Å²) in [6.07, 6.45) is 1.50. The van der Waals surface area contributed by atoms with Gasteiger partial charge in [-0.05, 0) is 13.0 Å². The zero-order valence-corrected chi connectivity index (χ0v) is 11.6. The molecule has 4 N–H and O–H groups in total. The molecule has 6 nitrogen and oxygen atoms in total. The summed E-state index contributed by atoms with van der Waals surface area (Å²) in [4.78, 5) is 21.8. The summed E-state index contributed by atoms with van der Waals surface area (Å²) in [6.45, 7) is 2.51. The van der Waals surface area contributed by atoms with Crippen molar-refractivity contribution in [1.82, 2.24) is 9.97 Å². The number of nitrogen functional groups attached to an aromatic ring is 1. The fourth-order valence-corrected chi connectivity index (χ4v) is 2.36. The van der Waals surface area contributed by atoms with Gasteiger partial charge >= 0.3 is 0 Å². The van der Waals surface area contributed by atoms with Crippen LogP contribution < -0.4 is 16.4 Å². The van der Waals surface area contributed by atoms with Gasteiger partial charge in [0.25, 0.3) is 5.91 Å². The van der Waals surface area contributed by atoms with Crippen LogP contribution in [0.25, 0.3) is 0 Å². The average molecular weight is 277 g/mol. The first-order chi connectivity index (χ1) is 8.97. The number of thiazole rings is 1. The number of carbonyl (C=O) groups excluding carboxylic acids is 1. The molecule has 0 bridgehead atoms. The highest BCUT2D eigenvalue weighted by atomic mass is 32.1. The molecule has 0 saturated carbocycles. The van der Waals surface area contributed by atoms with Crippen LogP contribution in [0.3, 0.4) is 0 Å². The maximum atomic E-state index is 11.4. The first kappa shape index (κ1) is 13.3. The molecular formula is C12H15N5OS. The monoisotopic (exact) mass is 277 g/mol. The maximum Gasteiger partial charge on any atom is 0.252 e. The molecule has 0 aliphatic heterocycles. The van der Waals surface area contributed by atoms with Crippen LogP contribution in [0.15, 0.2) is 17.6 Å². The van der Waals surface area contributed by atoms with Gasteiger partial charge in [-0.15, -0.1) is 11.3 Å². The molecule has 0 aliphatic rings. The van der Waals surface area contributed by atoms with E-state index in [-0.39, 0.29) is 0 Å². The number of rotatable bonds is 4. The number of carbonyl (C=O) groups is 1. The fraction of sp³-hybridized carbons (Fsp3) is 0.250. The summed E-state index contributed by atoms with van der Waals surface area (Å²) >= 11 is 1.58. The third kappa shape index (κ3) is 3.00. The maximum absolute atomic E-state index is 11.4. The molecule has 2 aromatic rings. The normalized spacial score (nSPS) is 10.4. The molecule has 2 heterocycles. The van der Waals surface area contributed by atoms with E-state index in [2.05, 4.69) is 9.97 Å². The molecule has 0 spiro atoms. The Labute approximate surface area is 115 Å². The quantitative estimate of drug-likeness (QED) is 0.874. The van der Waals surface area contributed by atoms with Crippen LogP contribution in [-0.4, -0.2) is 22.9 Å². The summed E-state index contributed by atoms with van der Waals surface area (Å²) in [5.74, 6) is -0.0385. The molecule has 0 aliphatic carbocycles. The van der Waals surface area contributed by atoms with Gasteiger partial charge in [-0.1, -0.05) is 0 Å². The highest BCUT2D eigenvalue weighted by Crippen LogP contribution is 2.20. The van der Waals surface area contributed by atoms with Crippen LogP contribution in [0, 0.1) is 6.92 Å². The molecule has 1 amide bonds. The van der Waals surface area contributed by atoms with Gasteiger partial charge in [-0.3, -0.25) is 4.79 Å². The summed E-state index contributed by atoms with van der Waals surface area (Å²) < 4.78 is 0. The van der Waals surface area contributed by atoms with Gasteiger partial charge in [0.05, 0.1) is 34.7 Å². The zero-order valence-electron chi connectivity index (χ0n) is 10.8. The first-order valence-electron chi connectivity index (χ1n) is 5.65. The molecule has 0 radical (unpaired) electrons. The van der Waals surface area contributed by atoms with Crippen molar-refractivity contribution in [2.24, 2.45) is 5.73 Å². The molecule has 2 aromatic heterocycles. The minimum absolute atomic E-state index is 0.314. The van der Waals surface area contributed by atoms with Crippen LogP contribution >= 0.6 is 11.3 Å². The molecule has 0 unspecified atom stereocenters. The average Bonchev–Trinajstić information content (AvgIpc) is 2.74. The van der Waals surface area contributed by atoms with Crippen molar-refractivity contribution in [3.63, 3.8) is 0 Å². The van der Waals surface area contributed by atoms with E-state index in [1.165, 1.54) is 12.3 Å². The van der Waals surface area contributed by atoms with E-state index in [4.69, 9.17) is 11.5 Å². The predicted molar refractivity (Wildman–Crippen MR) is 76.1 cm³/mol. The Morgan fingerprint density at radius 3 is 2.84 bits per heavy atom. The number of hydrogen-bond acceptors (Lipinski definition) is 6. The van der Waals surface area contributed by atoms with E-state index in [1.807, 2.05) is 24.3 Å². The number of pyridine rings is 1. The Morgan fingerprint density at radius 2 is 2.26 bits per heavy atom. The Morgan fingerprint density at radius 1 is 1.53 bits per heavy atom. The summed E-state index contributed by atoms with van der Waals surface area (Å²) in [7, 11) is 1.83. The van der Waals surface area contributed by atoms with Crippen molar-refractivity contribution >= 4 is 28.7 Å². The van der Waals surface area contributed by atoms with Gasteiger partial charge in [0.15, 0.2) is 0 Å². The first-order valence-corrected chi connectivity index (χ1v) is 6.53. The van der Waals surface area contributed by atoms with Crippen molar-refractivity contribution < 1.29 is 4.79 Å². The highest BCUT2D eigenvalue weighted by Gasteiger charge is 2.15. The molecule has 19 heavy (non-hydrogen) atoms. The summed E-state index contributed by atoms with van der Waals surface area (Å²) in [5.41, 5.74) is 12.6. The number of amides is 1. The number of aryl methyl sites for hydroxylation is 1. The number of anilines is 2. The molecule has 0 saturated heterocycles. The van der Waals surface area contributed by atoms with E-state index in [9.17, 15) is 4.79 Å². The van der Waals surface area contributed by atoms with E-state index in [0.29, 0.717) is 23.6 Å².